The molecule has 1 aromatic carbocycles. The van der Waals surface area contributed by atoms with E-state index in [0.717, 1.165) is 0 Å². The zero-order valence-electron chi connectivity index (χ0n) is 12.5. The monoisotopic (exact) mass is 342 g/mol. The van der Waals surface area contributed by atoms with Gasteiger partial charge < -0.3 is 10.1 Å². The summed E-state index contributed by atoms with van der Waals surface area (Å²) in [5.41, 5.74) is 4.86. The van der Waals surface area contributed by atoms with Gasteiger partial charge in [0, 0.05) is 13.7 Å². The standard InChI is InChI=1S/C14H16F2N4O2S/c1-14(17,22-2)10-11(16)23-13(19-10)20-12(21)18-7-8-4-3-5-9(15)6-8/h3-6H,7,17H2,1-2H3,(H2,18,19,20,21). The molecule has 23 heavy (non-hydrogen) atoms. The van der Waals surface area contributed by atoms with Crippen LogP contribution in [-0.4, -0.2) is 18.1 Å². The van der Waals surface area contributed by atoms with E-state index in [1.54, 1.807) is 12.1 Å². The molecule has 0 saturated carbocycles. The average molecular weight is 342 g/mol. The molecule has 2 rings (SSSR count). The SMILES string of the molecule is COC(C)(N)c1nc(NC(=O)NCc2cccc(F)c2)sc1F. The lowest BCUT2D eigenvalue weighted by atomic mass is 10.2. The van der Waals surface area contributed by atoms with Gasteiger partial charge in [0.25, 0.3) is 0 Å². The van der Waals surface area contributed by atoms with E-state index in [4.69, 9.17) is 10.5 Å². The fourth-order valence-corrected chi connectivity index (χ4v) is 2.52. The number of rotatable bonds is 5. The number of ether oxygens (including phenoxy) is 1. The number of thiazole rings is 1. The van der Waals surface area contributed by atoms with Crippen LogP contribution in [-0.2, 0) is 17.0 Å². The molecule has 0 aliphatic heterocycles. The Kier molecular flexibility index (Phi) is 5.24. The second kappa shape index (κ2) is 6.99. The summed E-state index contributed by atoms with van der Waals surface area (Å²) >= 11 is 0.639. The van der Waals surface area contributed by atoms with Crippen LogP contribution in [0.15, 0.2) is 24.3 Å². The minimum absolute atomic E-state index is 0.0444. The molecule has 2 aromatic rings. The topological polar surface area (TPSA) is 89.3 Å². The quantitative estimate of drug-likeness (QED) is 0.729. The zero-order valence-corrected chi connectivity index (χ0v) is 13.3. The Morgan fingerprint density at radius 2 is 2.22 bits per heavy atom. The molecule has 0 fully saturated rings. The second-order valence-electron chi connectivity index (χ2n) is 4.89. The molecule has 0 aliphatic rings. The number of carbonyl (C=O) groups is 1. The van der Waals surface area contributed by atoms with Gasteiger partial charge in [-0.15, -0.1) is 0 Å². The largest absolute Gasteiger partial charge is 0.358 e. The van der Waals surface area contributed by atoms with Crippen LogP contribution in [0.4, 0.5) is 18.7 Å². The third kappa shape index (κ3) is 4.44. The molecule has 9 heteroatoms. The molecule has 124 valence electrons. The Labute approximate surface area is 135 Å². The van der Waals surface area contributed by atoms with Crippen molar-refractivity contribution < 1.29 is 18.3 Å². The summed E-state index contributed by atoms with van der Waals surface area (Å²) in [6.45, 7) is 1.58. The molecule has 0 spiro atoms. The normalized spacial score (nSPS) is 13.4. The molecule has 6 nitrogen and oxygen atoms in total. The Balaban J connectivity index is 1.97. The Morgan fingerprint density at radius 3 is 2.87 bits per heavy atom. The van der Waals surface area contributed by atoms with Gasteiger partial charge in [0.15, 0.2) is 10.9 Å². The molecule has 1 atom stereocenters. The molecule has 4 N–H and O–H groups in total. The highest BCUT2D eigenvalue weighted by Crippen LogP contribution is 2.28. The van der Waals surface area contributed by atoms with E-state index in [2.05, 4.69) is 15.6 Å². The smallest absolute Gasteiger partial charge is 0.321 e. The minimum Gasteiger partial charge on any atom is -0.358 e. The first-order valence-electron chi connectivity index (χ1n) is 6.62. The first-order chi connectivity index (χ1) is 10.8. The molecule has 1 aromatic heterocycles. The fourth-order valence-electron chi connectivity index (χ4n) is 1.73. The van der Waals surface area contributed by atoms with Crippen molar-refractivity contribution in [3.63, 3.8) is 0 Å². The predicted octanol–water partition coefficient (Wildman–Crippen LogP) is 2.52. The first-order valence-corrected chi connectivity index (χ1v) is 7.43. The lowest BCUT2D eigenvalue weighted by Crippen LogP contribution is -2.36. The van der Waals surface area contributed by atoms with Crippen molar-refractivity contribution in [3.05, 3.63) is 46.5 Å². The summed E-state index contributed by atoms with van der Waals surface area (Å²) in [4.78, 5) is 15.7. The highest BCUT2D eigenvalue weighted by molar-refractivity contribution is 7.14. The maximum atomic E-state index is 13.8. The van der Waals surface area contributed by atoms with E-state index in [1.165, 1.54) is 26.2 Å². The summed E-state index contributed by atoms with van der Waals surface area (Å²) < 4.78 is 31.8. The molecule has 1 heterocycles. The summed E-state index contributed by atoms with van der Waals surface area (Å²) in [6, 6.07) is 5.23. The molecule has 1 unspecified atom stereocenters. The number of benzene rings is 1. The van der Waals surface area contributed by atoms with Crippen LogP contribution in [0.5, 0.6) is 0 Å². The van der Waals surface area contributed by atoms with Gasteiger partial charge in [-0.1, -0.05) is 23.5 Å². The van der Waals surface area contributed by atoms with Crippen molar-refractivity contribution in [1.29, 1.82) is 0 Å². The van der Waals surface area contributed by atoms with Crippen molar-refractivity contribution >= 4 is 22.5 Å². The first kappa shape index (κ1) is 17.3. The number of nitrogens with two attached hydrogens (primary N) is 1. The molecule has 0 radical (unpaired) electrons. The van der Waals surface area contributed by atoms with Gasteiger partial charge in [-0.2, -0.15) is 4.39 Å². The summed E-state index contributed by atoms with van der Waals surface area (Å²) in [7, 11) is 1.33. The van der Waals surface area contributed by atoms with E-state index in [-0.39, 0.29) is 17.4 Å². The van der Waals surface area contributed by atoms with Crippen LogP contribution in [0.3, 0.4) is 0 Å². The van der Waals surface area contributed by atoms with Gasteiger partial charge in [0.05, 0.1) is 0 Å². The number of amides is 2. The van der Waals surface area contributed by atoms with Gasteiger partial charge in [-0.05, 0) is 24.6 Å². The maximum absolute atomic E-state index is 13.8. The van der Waals surface area contributed by atoms with Gasteiger partial charge in [0.2, 0.25) is 5.13 Å². The molecule has 0 bridgehead atoms. The number of hydrogen-bond acceptors (Lipinski definition) is 5. The van der Waals surface area contributed by atoms with Crippen molar-refractivity contribution in [2.45, 2.75) is 19.2 Å². The van der Waals surface area contributed by atoms with E-state index < -0.39 is 22.7 Å². The molecule has 0 saturated heterocycles. The van der Waals surface area contributed by atoms with Crippen LogP contribution in [0.1, 0.15) is 18.2 Å². The predicted molar refractivity (Wildman–Crippen MR) is 82.9 cm³/mol. The van der Waals surface area contributed by atoms with Crippen molar-refractivity contribution in [1.82, 2.24) is 10.3 Å². The molecular formula is C14H16F2N4O2S. The fraction of sp³-hybridized carbons (Fsp3) is 0.286. The number of halogens is 2. The Morgan fingerprint density at radius 1 is 1.48 bits per heavy atom. The van der Waals surface area contributed by atoms with Gasteiger partial charge in [-0.25, -0.2) is 14.2 Å². The lowest BCUT2D eigenvalue weighted by molar-refractivity contribution is 0.00181. The number of aromatic nitrogens is 1. The highest BCUT2D eigenvalue weighted by atomic mass is 32.1. The minimum atomic E-state index is -1.39. The van der Waals surface area contributed by atoms with E-state index >= 15 is 0 Å². The van der Waals surface area contributed by atoms with E-state index in [0.29, 0.717) is 16.9 Å². The van der Waals surface area contributed by atoms with Crippen LogP contribution in [0, 0.1) is 10.9 Å². The van der Waals surface area contributed by atoms with Gasteiger partial charge in [-0.3, -0.25) is 11.1 Å². The number of methoxy groups -OCH3 is 1. The summed E-state index contributed by atoms with van der Waals surface area (Å²) in [5.74, 6) is -0.391. The summed E-state index contributed by atoms with van der Waals surface area (Å²) in [6.07, 6.45) is 0. The number of nitrogens with zero attached hydrogens (tertiary/aromatic N) is 1. The number of anilines is 1. The number of nitrogens with one attached hydrogen (secondary N) is 2. The average Bonchev–Trinajstić information content (AvgIpc) is 2.86. The van der Waals surface area contributed by atoms with Crippen LogP contribution < -0.4 is 16.4 Å². The molecular weight excluding hydrogens is 326 g/mol. The van der Waals surface area contributed by atoms with E-state index in [1.807, 2.05) is 0 Å². The number of urea groups is 1. The lowest BCUT2D eigenvalue weighted by Gasteiger charge is -2.19. The third-order valence-corrected chi connectivity index (χ3v) is 3.80. The van der Waals surface area contributed by atoms with Crippen LogP contribution in [0.2, 0.25) is 0 Å². The molecule has 0 aliphatic carbocycles. The number of carbonyl (C=O) groups excluding carboxylic acids is 1. The third-order valence-electron chi connectivity index (χ3n) is 3.04. The second-order valence-corrected chi connectivity index (χ2v) is 5.84. The van der Waals surface area contributed by atoms with Gasteiger partial charge >= 0.3 is 6.03 Å². The maximum Gasteiger partial charge on any atom is 0.321 e. The van der Waals surface area contributed by atoms with Crippen molar-refractivity contribution in [2.24, 2.45) is 5.73 Å². The van der Waals surface area contributed by atoms with Crippen molar-refractivity contribution in [2.75, 3.05) is 12.4 Å². The Hall–Kier alpha value is -2.10. The zero-order chi connectivity index (χ0) is 17.0. The van der Waals surface area contributed by atoms with Crippen LogP contribution in [0.25, 0.3) is 0 Å². The van der Waals surface area contributed by atoms with E-state index in [9.17, 15) is 13.6 Å². The summed E-state index contributed by atoms with van der Waals surface area (Å²) in [5, 5.41) is 4.32. The Bertz CT molecular complexity index is 706. The number of hydrogen-bond donors (Lipinski definition) is 3. The van der Waals surface area contributed by atoms with Gasteiger partial charge in [0.1, 0.15) is 11.5 Å². The van der Waals surface area contributed by atoms with Crippen LogP contribution >= 0.6 is 11.3 Å². The molecule has 2 amide bonds. The highest BCUT2D eigenvalue weighted by Gasteiger charge is 2.29. The van der Waals surface area contributed by atoms with Crippen molar-refractivity contribution in [3.8, 4) is 0 Å².